The largest absolute Gasteiger partial charge is 0.311 e. The molecule has 3 nitrogen and oxygen atoms in total. The van der Waals surface area contributed by atoms with E-state index in [0.717, 1.165) is 31.7 Å². The fourth-order valence-electron chi connectivity index (χ4n) is 3.16. The Morgan fingerprint density at radius 3 is 2.44 bits per heavy atom. The summed E-state index contributed by atoms with van der Waals surface area (Å²) >= 11 is 0. The quantitative estimate of drug-likeness (QED) is 0.757. The molecule has 2 rings (SSSR count). The molecule has 2 aliphatic rings. The summed E-state index contributed by atoms with van der Waals surface area (Å²) in [6, 6.07) is 2.15. The van der Waals surface area contributed by atoms with E-state index >= 15 is 0 Å². The first-order valence-corrected chi connectivity index (χ1v) is 7.31. The predicted octanol–water partition coefficient (Wildman–Crippen LogP) is 1.16. The second-order valence-electron chi connectivity index (χ2n) is 5.97. The number of terminal acetylenes is 1. The molecule has 0 saturated carbocycles. The van der Waals surface area contributed by atoms with Crippen LogP contribution in [0.5, 0.6) is 0 Å². The van der Waals surface area contributed by atoms with Crippen molar-refractivity contribution < 1.29 is 0 Å². The molecule has 0 aromatic rings. The molecule has 1 N–H and O–H groups in total. The minimum atomic E-state index is 0.708. The Bertz CT molecular complexity index is 289. The van der Waals surface area contributed by atoms with Gasteiger partial charge in [0.1, 0.15) is 0 Å². The molecule has 3 heteroatoms. The highest BCUT2D eigenvalue weighted by atomic mass is 15.2. The predicted molar refractivity (Wildman–Crippen MR) is 76.5 cm³/mol. The summed E-state index contributed by atoms with van der Waals surface area (Å²) in [4.78, 5) is 4.85. The molecule has 102 valence electrons. The molecule has 0 aromatic carbocycles. The van der Waals surface area contributed by atoms with E-state index in [0.29, 0.717) is 6.04 Å². The van der Waals surface area contributed by atoms with Crippen LogP contribution in [0.15, 0.2) is 0 Å². The average Bonchev–Trinajstić information content (AvgIpc) is 2.37. The van der Waals surface area contributed by atoms with Crippen molar-refractivity contribution in [3.05, 3.63) is 0 Å². The van der Waals surface area contributed by atoms with Crippen LogP contribution in [-0.4, -0.2) is 61.2 Å². The van der Waals surface area contributed by atoms with E-state index < -0.39 is 0 Å². The number of nitrogens with one attached hydrogen (secondary N) is 1. The zero-order valence-electron chi connectivity index (χ0n) is 11.9. The molecular formula is C15H27N3. The fourth-order valence-corrected chi connectivity index (χ4v) is 3.16. The topological polar surface area (TPSA) is 18.5 Å². The lowest BCUT2D eigenvalue weighted by molar-refractivity contribution is 0.146. The van der Waals surface area contributed by atoms with Crippen molar-refractivity contribution in [2.24, 2.45) is 0 Å². The molecule has 2 aliphatic heterocycles. The lowest BCUT2D eigenvalue weighted by Gasteiger charge is -2.39. The molecule has 0 radical (unpaired) electrons. The van der Waals surface area contributed by atoms with Gasteiger partial charge in [0.15, 0.2) is 0 Å². The Morgan fingerprint density at radius 2 is 1.83 bits per heavy atom. The lowest BCUT2D eigenvalue weighted by atomic mass is 9.96. The van der Waals surface area contributed by atoms with E-state index in [9.17, 15) is 0 Å². The highest BCUT2D eigenvalue weighted by Gasteiger charge is 2.26. The third kappa shape index (κ3) is 3.71. The molecule has 0 aliphatic carbocycles. The molecule has 0 bridgehead atoms. The summed E-state index contributed by atoms with van der Waals surface area (Å²) in [5.41, 5.74) is 0. The smallest absolute Gasteiger partial charge is 0.0598 e. The minimum Gasteiger partial charge on any atom is -0.311 e. The molecule has 0 aromatic heterocycles. The van der Waals surface area contributed by atoms with Crippen LogP contribution in [0.3, 0.4) is 0 Å². The maximum absolute atomic E-state index is 5.36. The van der Waals surface area contributed by atoms with E-state index in [1.807, 2.05) is 0 Å². The van der Waals surface area contributed by atoms with E-state index in [1.165, 1.54) is 32.2 Å². The SMILES string of the molecule is C#CCN1CCC(NC2CCN(C)C(C)C2)CC1. The van der Waals surface area contributed by atoms with E-state index in [2.05, 4.69) is 35.0 Å². The number of rotatable bonds is 3. The molecular weight excluding hydrogens is 222 g/mol. The van der Waals surface area contributed by atoms with Gasteiger partial charge in [-0.25, -0.2) is 0 Å². The molecule has 2 saturated heterocycles. The Morgan fingerprint density at radius 1 is 1.17 bits per heavy atom. The van der Waals surface area contributed by atoms with Crippen molar-refractivity contribution in [2.75, 3.05) is 33.2 Å². The normalized spacial score (nSPS) is 32.3. The van der Waals surface area contributed by atoms with Gasteiger partial charge in [-0.2, -0.15) is 0 Å². The second kappa shape index (κ2) is 6.56. The number of nitrogens with zero attached hydrogens (tertiary/aromatic N) is 2. The van der Waals surface area contributed by atoms with Crippen LogP contribution in [0.2, 0.25) is 0 Å². The fraction of sp³-hybridized carbons (Fsp3) is 0.867. The lowest BCUT2D eigenvalue weighted by Crippen LogP contribution is -2.51. The van der Waals surface area contributed by atoms with Crippen LogP contribution in [-0.2, 0) is 0 Å². The van der Waals surface area contributed by atoms with Gasteiger partial charge in [0.05, 0.1) is 6.54 Å². The van der Waals surface area contributed by atoms with Crippen molar-refractivity contribution in [3.63, 3.8) is 0 Å². The summed E-state index contributed by atoms with van der Waals surface area (Å²) < 4.78 is 0. The third-order valence-corrected chi connectivity index (χ3v) is 4.58. The monoisotopic (exact) mass is 249 g/mol. The number of piperidine rings is 2. The Hall–Kier alpha value is -0.560. The van der Waals surface area contributed by atoms with Crippen molar-refractivity contribution in [1.82, 2.24) is 15.1 Å². The van der Waals surface area contributed by atoms with Gasteiger partial charge in [0.25, 0.3) is 0 Å². The summed E-state index contributed by atoms with van der Waals surface area (Å²) in [7, 11) is 2.24. The van der Waals surface area contributed by atoms with Gasteiger partial charge in [-0.05, 0) is 46.2 Å². The van der Waals surface area contributed by atoms with E-state index in [4.69, 9.17) is 6.42 Å². The zero-order chi connectivity index (χ0) is 13.0. The summed E-state index contributed by atoms with van der Waals surface area (Å²) in [6.45, 7) is 6.70. The molecule has 2 heterocycles. The van der Waals surface area contributed by atoms with Gasteiger partial charge >= 0.3 is 0 Å². The third-order valence-electron chi connectivity index (χ3n) is 4.58. The van der Waals surface area contributed by atoms with Gasteiger partial charge in [-0.1, -0.05) is 5.92 Å². The first-order chi connectivity index (χ1) is 8.69. The summed E-state index contributed by atoms with van der Waals surface area (Å²) in [6.07, 6.45) is 10.5. The van der Waals surface area contributed by atoms with Gasteiger partial charge in [0.2, 0.25) is 0 Å². The van der Waals surface area contributed by atoms with Crippen molar-refractivity contribution in [2.45, 2.75) is 50.7 Å². The molecule has 0 amide bonds. The van der Waals surface area contributed by atoms with Crippen LogP contribution in [0, 0.1) is 12.3 Å². The van der Waals surface area contributed by atoms with E-state index in [-0.39, 0.29) is 0 Å². The molecule has 0 spiro atoms. The number of likely N-dealkylation sites (tertiary alicyclic amines) is 2. The number of hydrogen-bond donors (Lipinski definition) is 1. The summed E-state index contributed by atoms with van der Waals surface area (Å²) in [5.74, 6) is 2.74. The van der Waals surface area contributed by atoms with Crippen LogP contribution >= 0.6 is 0 Å². The van der Waals surface area contributed by atoms with E-state index in [1.54, 1.807) is 0 Å². The molecule has 18 heavy (non-hydrogen) atoms. The first kappa shape index (κ1) is 13.9. The number of hydrogen-bond acceptors (Lipinski definition) is 3. The zero-order valence-corrected chi connectivity index (χ0v) is 11.9. The van der Waals surface area contributed by atoms with Gasteiger partial charge < -0.3 is 10.2 Å². The Labute approximate surface area is 112 Å². The highest BCUT2D eigenvalue weighted by molar-refractivity contribution is 4.91. The van der Waals surface area contributed by atoms with Gasteiger partial charge in [-0.3, -0.25) is 4.90 Å². The van der Waals surface area contributed by atoms with Gasteiger partial charge in [0, 0.05) is 31.2 Å². The van der Waals surface area contributed by atoms with Crippen LogP contribution in [0.25, 0.3) is 0 Å². The van der Waals surface area contributed by atoms with Crippen molar-refractivity contribution in [3.8, 4) is 12.3 Å². The maximum Gasteiger partial charge on any atom is 0.0598 e. The second-order valence-corrected chi connectivity index (χ2v) is 5.97. The van der Waals surface area contributed by atoms with Crippen molar-refractivity contribution in [1.29, 1.82) is 0 Å². The van der Waals surface area contributed by atoms with Crippen LogP contribution < -0.4 is 5.32 Å². The Kier molecular flexibility index (Phi) is 5.05. The summed E-state index contributed by atoms with van der Waals surface area (Å²) in [5, 5.41) is 3.87. The minimum absolute atomic E-state index is 0.708. The molecule has 2 fully saturated rings. The highest BCUT2D eigenvalue weighted by Crippen LogP contribution is 2.18. The molecule has 2 atom stereocenters. The molecule has 2 unspecified atom stereocenters. The standard InChI is InChI=1S/C15H27N3/c1-4-8-18-10-6-14(7-11-18)16-15-5-9-17(3)13(2)12-15/h1,13-16H,5-12H2,2-3H3. The van der Waals surface area contributed by atoms with Crippen LogP contribution in [0.4, 0.5) is 0 Å². The first-order valence-electron chi connectivity index (χ1n) is 7.31. The van der Waals surface area contributed by atoms with Gasteiger partial charge in [-0.15, -0.1) is 6.42 Å². The Balaban J connectivity index is 1.70. The maximum atomic E-state index is 5.36. The van der Waals surface area contributed by atoms with Crippen LogP contribution in [0.1, 0.15) is 32.6 Å². The van der Waals surface area contributed by atoms with Crippen molar-refractivity contribution >= 4 is 0 Å². The average molecular weight is 249 g/mol.